The number of aryl methyl sites for hydroxylation is 1. The van der Waals surface area contributed by atoms with Gasteiger partial charge in [-0.15, -0.1) is 5.10 Å². The summed E-state index contributed by atoms with van der Waals surface area (Å²) >= 11 is 0. The van der Waals surface area contributed by atoms with Gasteiger partial charge in [0.1, 0.15) is 6.20 Å². The first kappa shape index (κ1) is 11.8. The summed E-state index contributed by atoms with van der Waals surface area (Å²) in [6.45, 7) is 0.310. The topological polar surface area (TPSA) is 93.2 Å². The second-order valence-corrected chi connectivity index (χ2v) is 4.58. The van der Waals surface area contributed by atoms with Crippen LogP contribution in [0.3, 0.4) is 0 Å². The van der Waals surface area contributed by atoms with Gasteiger partial charge in [-0.1, -0.05) is 12.8 Å². The molecule has 7 nitrogen and oxygen atoms in total. The van der Waals surface area contributed by atoms with Crippen LogP contribution in [0.4, 0.5) is 11.5 Å². The molecule has 1 aliphatic rings. The first-order valence-corrected chi connectivity index (χ1v) is 5.64. The molecule has 0 amide bonds. The minimum atomic E-state index is -0.745. The van der Waals surface area contributed by atoms with Crippen molar-refractivity contribution in [2.75, 3.05) is 11.9 Å². The third-order valence-corrected chi connectivity index (χ3v) is 3.13. The Balaban J connectivity index is 2.05. The standard InChI is InChI=1S/C10H16N4O3/c1-13-6-8(14(16)17)9(12-13)11-7-10(15)4-2-3-5-10/h6,15H,2-5,7H2,1H3,(H,11,12). The molecule has 0 aliphatic heterocycles. The number of hydrogen-bond acceptors (Lipinski definition) is 5. The SMILES string of the molecule is Cn1cc([N+](=O)[O-])c(NCC2(O)CCCC2)n1. The van der Waals surface area contributed by atoms with Gasteiger partial charge >= 0.3 is 5.69 Å². The lowest BCUT2D eigenvalue weighted by Crippen LogP contribution is -2.33. The van der Waals surface area contributed by atoms with Gasteiger partial charge in [-0.2, -0.15) is 0 Å². The molecule has 0 saturated heterocycles. The van der Waals surface area contributed by atoms with Gasteiger partial charge in [0, 0.05) is 13.6 Å². The summed E-state index contributed by atoms with van der Waals surface area (Å²) in [5, 5.41) is 27.7. The van der Waals surface area contributed by atoms with Crippen LogP contribution in [-0.2, 0) is 7.05 Å². The van der Waals surface area contributed by atoms with E-state index in [2.05, 4.69) is 10.4 Å². The zero-order valence-corrected chi connectivity index (χ0v) is 9.72. The molecule has 1 aliphatic carbocycles. The third-order valence-electron chi connectivity index (χ3n) is 3.13. The monoisotopic (exact) mass is 240 g/mol. The zero-order valence-electron chi connectivity index (χ0n) is 9.72. The molecule has 2 N–H and O–H groups in total. The van der Waals surface area contributed by atoms with E-state index >= 15 is 0 Å². The van der Waals surface area contributed by atoms with Crippen LogP contribution in [0.1, 0.15) is 25.7 Å². The van der Waals surface area contributed by atoms with Gasteiger partial charge in [0.05, 0.1) is 10.5 Å². The molecule has 94 valence electrons. The van der Waals surface area contributed by atoms with Crippen LogP contribution in [-0.4, -0.2) is 32.0 Å². The lowest BCUT2D eigenvalue weighted by atomic mass is 10.0. The van der Waals surface area contributed by atoms with Gasteiger partial charge in [0.25, 0.3) is 0 Å². The van der Waals surface area contributed by atoms with Crippen LogP contribution in [0, 0.1) is 10.1 Å². The molecule has 0 spiro atoms. The van der Waals surface area contributed by atoms with Crippen LogP contribution >= 0.6 is 0 Å². The summed E-state index contributed by atoms with van der Waals surface area (Å²) in [5.74, 6) is 0.220. The van der Waals surface area contributed by atoms with E-state index < -0.39 is 10.5 Å². The van der Waals surface area contributed by atoms with Crippen molar-refractivity contribution in [1.29, 1.82) is 0 Å². The van der Waals surface area contributed by atoms with Gasteiger partial charge in [0.2, 0.25) is 5.82 Å². The predicted molar refractivity (Wildman–Crippen MR) is 61.8 cm³/mol. The Kier molecular flexibility index (Phi) is 3.01. The number of nitrogens with one attached hydrogen (secondary N) is 1. The van der Waals surface area contributed by atoms with Gasteiger partial charge in [0.15, 0.2) is 0 Å². The molecule has 1 fully saturated rings. The van der Waals surface area contributed by atoms with Crippen molar-refractivity contribution in [3.8, 4) is 0 Å². The Labute approximate surface area is 98.6 Å². The smallest absolute Gasteiger partial charge is 0.330 e. The zero-order chi connectivity index (χ0) is 12.5. The summed E-state index contributed by atoms with van der Waals surface area (Å²) in [5.41, 5.74) is -0.806. The Bertz CT molecular complexity index is 423. The third kappa shape index (κ3) is 2.55. The molecule has 17 heavy (non-hydrogen) atoms. The van der Waals surface area contributed by atoms with E-state index in [9.17, 15) is 15.2 Å². The van der Waals surface area contributed by atoms with Crippen LogP contribution in [0.2, 0.25) is 0 Å². The molecule has 0 bridgehead atoms. The fraction of sp³-hybridized carbons (Fsp3) is 0.700. The lowest BCUT2D eigenvalue weighted by Gasteiger charge is -2.21. The maximum atomic E-state index is 10.8. The molecule has 1 saturated carbocycles. The fourth-order valence-corrected chi connectivity index (χ4v) is 2.19. The Morgan fingerprint density at radius 2 is 2.29 bits per heavy atom. The van der Waals surface area contributed by atoms with Crippen LogP contribution in [0.25, 0.3) is 0 Å². The maximum Gasteiger partial charge on any atom is 0.330 e. The molecule has 1 heterocycles. The number of nitro groups is 1. The van der Waals surface area contributed by atoms with Crippen molar-refractivity contribution >= 4 is 11.5 Å². The van der Waals surface area contributed by atoms with Gasteiger partial charge < -0.3 is 10.4 Å². The quantitative estimate of drug-likeness (QED) is 0.606. The maximum absolute atomic E-state index is 10.8. The Hall–Kier alpha value is -1.63. The van der Waals surface area contributed by atoms with Crippen molar-refractivity contribution in [2.24, 2.45) is 7.05 Å². The second kappa shape index (κ2) is 4.33. The van der Waals surface area contributed by atoms with E-state index in [1.54, 1.807) is 7.05 Å². The average molecular weight is 240 g/mol. The number of rotatable bonds is 4. The Morgan fingerprint density at radius 1 is 1.65 bits per heavy atom. The molecule has 0 unspecified atom stereocenters. The Morgan fingerprint density at radius 3 is 2.88 bits per heavy atom. The van der Waals surface area contributed by atoms with Gasteiger partial charge in [-0.3, -0.25) is 14.8 Å². The summed E-state index contributed by atoms with van der Waals surface area (Å²) in [4.78, 5) is 10.3. The summed E-state index contributed by atoms with van der Waals surface area (Å²) in [6.07, 6.45) is 4.83. The van der Waals surface area contributed by atoms with Crippen molar-refractivity contribution in [2.45, 2.75) is 31.3 Å². The molecule has 0 aromatic carbocycles. The minimum Gasteiger partial charge on any atom is -0.388 e. The predicted octanol–water partition coefficient (Wildman–Crippen LogP) is 1.05. The first-order chi connectivity index (χ1) is 8.00. The van der Waals surface area contributed by atoms with E-state index in [0.717, 1.165) is 25.7 Å². The largest absolute Gasteiger partial charge is 0.388 e. The molecular formula is C10H16N4O3. The molecule has 0 radical (unpaired) electrons. The normalized spacial score (nSPS) is 18.2. The number of aromatic nitrogens is 2. The molecule has 1 aromatic rings. The molecule has 2 rings (SSSR count). The number of nitrogens with zero attached hydrogens (tertiary/aromatic N) is 3. The highest BCUT2D eigenvalue weighted by Crippen LogP contribution is 2.30. The summed E-state index contributed by atoms with van der Waals surface area (Å²) < 4.78 is 1.39. The van der Waals surface area contributed by atoms with Gasteiger partial charge in [-0.05, 0) is 12.8 Å². The van der Waals surface area contributed by atoms with Crippen LogP contribution in [0.5, 0.6) is 0 Å². The fourth-order valence-electron chi connectivity index (χ4n) is 2.19. The minimum absolute atomic E-state index is 0.0610. The van der Waals surface area contributed by atoms with Gasteiger partial charge in [-0.25, -0.2) is 0 Å². The number of aliphatic hydroxyl groups is 1. The summed E-state index contributed by atoms with van der Waals surface area (Å²) in [7, 11) is 1.63. The molecular weight excluding hydrogens is 224 g/mol. The van der Waals surface area contributed by atoms with E-state index in [0.29, 0.717) is 6.54 Å². The van der Waals surface area contributed by atoms with Crippen molar-refractivity contribution in [1.82, 2.24) is 9.78 Å². The number of hydrogen-bond donors (Lipinski definition) is 2. The highest BCUT2D eigenvalue weighted by molar-refractivity contribution is 5.54. The second-order valence-electron chi connectivity index (χ2n) is 4.58. The molecule has 7 heteroatoms. The first-order valence-electron chi connectivity index (χ1n) is 5.64. The average Bonchev–Trinajstić information content (AvgIpc) is 2.83. The van der Waals surface area contributed by atoms with Crippen molar-refractivity contribution in [3.05, 3.63) is 16.3 Å². The van der Waals surface area contributed by atoms with Crippen LogP contribution < -0.4 is 5.32 Å². The van der Waals surface area contributed by atoms with Crippen molar-refractivity contribution in [3.63, 3.8) is 0 Å². The van der Waals surface area contributed by atoms with E-state index in [-0.39, 0.29) is 11.5 Å². The van der Waals surface area contributed by atoms with Crippen molar-refractivity contribution < 1.29 is 10.0 Å². The molecule has 1 aromatic heterocycles. The molecule has 0 atom stereocenters. The lowest BCUT2D eigenvalue weighted by molar-refractivity contribution is -0.384. The number of anilines is 1. The highest BCUT2D eigenvalue weighted by Gasteiger charge is 2.32. The van der Waals surface area contributed by atoms with Crippen LogP contribution in [0.15, 0.2) is 6.20 Å². The highest BCUT2D eigenvalue weighted by atomic mass is 16.6. The van der Waals surface area contributed by atoms with E-state index in [4.69, 9.17) is 0 Å². The summed E-state index contributed by atoms with van der Waals surface area (Å²) in [6, 6.07) is 0. The van der Waals surface area contributed by atoms with E-state index in [1.165, 1.54) is 10.9 Å². The van der Waals surface area contributed by atoms with E-state index in [1.807, 2.05) is 0 Å².